The molecule has 3 saturated carbocycles. The van der Waals surface area contributed by atoms with Gasteiger partial charge in [-0.25, -0.2) is 4.68 Å². The molecule has 3 aliphatic carbocycles. The van der Waals surface area contributed by atoms with Gasteiger partial charge in [0.05, 0.1) is 65.2 Å². The summed E-state index contributed by atoms with van der Waals surface area (Å²) in [6, 6.07) is 4.13. The Morgan fingerprint density at radius 1 is 1.11 bits per heavy atom. The lowest BCUT2D eigenvalue weighted by molar-refractivity contribution is -0.213. The van der Waals surface area contributed by atoms with Crippen LogP contribution in [0, 0.1) is 5.41 Å². The van der Waals surface area contributed by atoms with Crippen molar-refractivity contribution in [3.05, 3.63) is 35.7 Å². The highest BCUT2D eigenvalue weighted by Gasteiger charge is 2.69. The Bertz CT molecular complexity index is 1280. The Morgan fingerprint density at radius 2 is 1.89 bits per heavy atom. The van der Waals surface area contributed by atoms with Gasteiger partial charge in [0.2, 0.25) is 0 Å². The molecule has 2 N–H and O–H groups in total. The van der Waals surface area contributed by atoms with E-state index in [1.54, 1.807) is 0 Å². The molecular weight excluding hydrogens is 468 g/mol. The minimum Gasteiger partial charge on any atom is -0.396 e. The number of aliphatic hydroxyl groups excluding tert-OH is 2. The average molecular weight is 499 g/mol. The summed E-state index contributed by atoms with van der Waals surface area (Å²) in [5.41, 5.74) is 2.83. The van der Waals surface area contributed by atoms with E-state index in [2.05, 4.69) is 43.9 Å². The Hall–Kier alpha value is -2.17. The van der Waals surface area contributed by atoms with Crippen LogP contribution in [0.15, 0.2) is 30.7 Å². The Labute approximate surface area is 208 Å². The van der Waals surface area contributed by atoms with Crippen molar-refractivity contribution in [3.8, 4) is 5.69 Å². The van der Waals surface area contributed by atoms with E-state index < -0.39 is 6.10 Å². The molecule has 1 aromatic carbocycles. The van der Waals surface area contributed by atoms with Crippen LogP contribution >= 0.6 is 11.6 Å². The van der Waals surface area contributed by atoms with E-state index in [0.29, 0.717) is 13.2 Å². The number of benzene rings is 1. The van der Waals surface area contributed by atoms with Gasteiger partial charge in [-0.05, 0) is 38.3 Å². The molecule has 5 fully saturated rings. The van der Waals surface area contributed by atoms with Gasteiger partial charge in [0.1, 0.15) is 5.69 Å². The summed E-state index contributed by atoms with van der Waals surface area (Å²) >= 11 is 6.74. The molecule has 10 heteroatoms. The molecule has 2 atom stereocenters. The monoisotopic (exact) mass is 498 g/mol. The third-order valence-electron chi connectivity index (χ3n) is 9.11. The minimum absolute atomic E-state index is 0.0760. The standard InChI is InChI=1S/C25H31ClN6O3/c1-23(16-35-11-22(23)34)30-4-2-29(3-5-30)21-7-20-17(6-19(21)26)8-28-32(20)18-9-27-31(10-18)25-12-24(13-25,14-25)15-33/h6-10,22,33-34H,2-5,11-16H2,1H3/t22-,23+,24?,25?/m0/s1. The normalized spacial score (nSPS) is 34.9. The lowest BCUT2D eigenvalue weighted by Crippen LogP contribution is -2.69. The van der Waals surface area contributed by atoms with Gasteiger partial charge in [0, 0.05) is 43.6 Å². The van der Waals surface area contributed by atoms with Gasteiger partial charge in [-0.15, -0.1) is 0 Å². The van der Waals surface area contributed by atoms with E-state index in [-0.39, 0.29) is 23.1 Å². The molecule has 2 aromatic heterocycles. The summed E-state index contributed by atoms with van der Waals surface area (Å²) in [5.74, 6) is 0. The van der Waals surface area contributed by atoms with Gasteiger partial charge in [-0.1, -0.05) is 11.6 Å². The molecule has 9 nitrogen and oxygen atoms in total. The van der Waals surface area contributed by atoms with Crippen LogP contribution in [0.1, 0.15) is 26.2 Å². The zero-order valence-corrected chi connectivity index (χ0v) is 20.7. The van der Waals surface area contributed by atoms with Gasteiger partial charge in [-0.3, -0.25) is 9.58 Å². The van der Waals surface area contributed by atoms with Crippen molar-refractivity contribution in [1.29, 1.82) is 0 Å². The number of hydrogen-bond acceptors (Lipinski definition) is 7. The number of ether oxygens (including phenoxy) is 1. The average Bonchev–Trinajstić information content (AvgIpc) is 3.52. The number of hydrogen-bond donors (Lipinski definition) is 2. The molecule has 0 amide bonds. The first-order valence-electron chi connectivity index (χ1n) is 12.4. The number of aromatic nitrogens is 4. The van der Waals surface area contributed by atoms with Crippen molar-refractivity contribution in [2.75, 3.05) is 50.9 Å². The van der Waals surface area contributed by atoms with E-state index in [1.165, 1.54) is 0 Å². The van der Waals surface area contributed by atoms with Crippen LogP contribution in [0.5, 0.6) is 0 Å². The van der Waals surface area contributed by atoms with Crippen molar-refractivity contribution < 1.29 is 14.9 Å². The molecule has 4 heterocycles. The maximum absolute atomic E-state index is 10.4. The minimum atomic E-state index is -0.455. The molecule has 35 heavy (non-hydrogen) atoms. The first-order chi connectivity index (χ1) is 16.8. The van der Waals surface area contributed by atoms with E-state index in [4.69, 9.17) is 16.3 Å². The third kappa shape index (κ3) is 3.08. The molecule has 186 valence electrons. The second-order valence-electron chi connectivity index (χ2n) is 11.3. The lowest BCUT2D eigenvalue weighted by atomic mass is 9.40. The van der Waals surface area contributed by atoms with Crippen LogP contribution in [-0.4, -0.2) is 92.3 Å². The quantitative estimate of drug-likeness (QED) is 0.556. The highest BCUT2D eigenvalue weighted by Crippen LogP contribution is 2.70. The maximum Gasteiger partial charge on any atom is 0.103 e. The van der Waals surface area contributed by atoms with E-state index in [1.807, 2.05) is 23.1 Å². The third-order valence-corrected chi connectivity index (χ3v) is 9.42. The van der Waals surface area contributed by atoms with E-state index >= 15 is 0 Å². The van der Waals surface area contributed by atoms with Crippen molar-refractivity contribution >= 4 is 28.2 Å². The number of rotatable bonds is 5. The molecule has 0 radical (unpaired) electrons. The summed E-state index contributed by atoms with van der Waals surface area (Å²) in [7, 11) is 0. The smallest absolute Gasteiger partial charge is 0.103 e. The molecule has 8 rings (SSSR count). The summed E-state index contributed by atoms with van der Waals surface area (Å²) < 4.78 is 9.56. The largest absolute Gasteiger partial charge is 0.396 e. The van der Waals surface area contributed by atoms with Crippen molar-refractivity contribution in [1.82, 2.24) is 24.5 Å². The van der Waals surface area contributed by atoms with Crippen molar-refractivity contribution in [2.24, 2.45) is 5.41 Å². The molecule has 3 aromatic rings. The van der Waals surface area contributed by atoms with Gasteiger partial charge < -0.3 is 19.8 Å². The second kappa shape index (κ2) is 7.43. The number of aliphatic hydroxyl groups is 2. The second-order valence-corrected chi connectivity index (χ2v) is 11.7. The lowest BCUT2D eigenvalue weighted by Gasteiger charge is -2.69. The highest BCUT2D eigenvalue weighted by atomic mass is 35.5. The van der Waals surface area contributed by atoms with Crippen molar-refractivity contribution in [3.63, 3.8) is 0 Å². The molecule has 2 saturated heterocycles. The van der Waals surface area contributed by atoms with Gasteiger partial charge in [0.25, 0.3) is 0 Å². The summed E-state index contributed by atoms with van der Waals surface area (Å²) in [5, 5.41) is 31.1. The van der Waals surface area contributed by atoms with Gasteiger partial charge >= 0.3 is 0 Å². The van der Waals surface area contributed by atoms with Crippen LogP contribution < -0.4 is 4.90 Å². The maximum atomic E-state index is 10.4. The van der Waals surface area contributed by atoms with E-state index in [9.17, 15) is 10.2 Å². The molecule has 0 unspecified atom stereocenters. The fraction of sp³-hybridized carbons (Fsp3) is 0.600. The molecule has 5 aliphatic rings. The summed E-state index contributed by atoms with van der Waals surface area (Å²) in [6.07, 6.45) is 8.37. The number of anilines is 1. The number of nitrogens with zero attached hydrogens (tertiary/aromatic N) is 6. The molecular formula is C25H31ClN6O3. The van der Waals surface area contributed by atoms with Gasteiger partial charge in [-0.2, -0.15) is 10.2 Å². The number of fused-ring (bicyclic) bond motifs is 1. The topological polar surface area (TPSA) is 91.8 Å². The first-order valence-corrected chi connectivity index (χ1v) is 12.8. The first kappa shape index (κ1) is 22.1. The summed E-state index contributed by atoms with van der Waals surface area (Å²) in [6.45, 7) is 6.68. The molecule has 2 aliphatic heterocycles. The number of halogens is 1. The Balaban J connectivity index is 1.13. The van der Waals surface area contributed by atoms with Crippen LogP contribution in [-0.2, 0) is 10.3 Å². The fourth-order valence-corrected chi connectivity index (χ4v) is 7.22. The molecule has 2 bridgehead atoms. The molecule has 0 spiro atoms. The fourth-order valence-electron chi connectivity index (χ4n) is 6.93. The predicted octanol–water partition coefficient (Wildman–Crippen LogP) is 2.02. The predicted molar refractivity (Wildman–Crippen MR) is 132 cm³/mol. The van der Waals surface area contributed by atoms with Crippen molar-refractivity contribution in [2.45, 2.75) is 43.4 Å². The van der Waals surface area contributed by atoms with Gasteiger partial charge in [0.15, 0.2) is 0 Å². The zero-order valence-electron chi connectivity index (χ0n) is 19.9. The van der Waals surface area contributed by atoms with Crippen LogP contribution in [0.2, 0.25) is 5.02 Å². The van der Waals surface area contributed by atoms with E-state index in [0.717, 1.165) is 72.7 Å². The SMILES string of the molecule is C[C@@]1(N2CCN(c3cc4c(cnn4-c4cnn(C56CC(CO)(C5)C6)c4)cc3Cl)CC2)COC[C@@H]1O. The van der Waals surface area contributed by atoms with Crippen LogP contribution in [0.3, 0.4) is 0 Å². The summed E-state index contributed by atoms with van der Waals surface area (Å²) in [4.78, 5) is 4.67. The van der Waals surface area contributed by atoms with Crippen LogP contribution in [0.4, 0.5) is 5.69 Å². The van der Waals surface area contributed by atoms with Crippen LogP contribution in [0.25, 0.3) is 16.6 Å². The zero-order chi connectivity index (χ0) is 24.0. The number of piperazine rings is 1. The Morgan fingerprint density at radius 3 is 2.57 bits per heavy atom. The highest BCUT2D eigenvalue weighted by molar-refractivity contribution is 6.34. The Kier molecular flexibility index (Phi) is 4.68.